The van der Waals surface area contributed by atoms with Gasteiger partial charge in [-0.25, -0.2) is 9.07 Å². The SMILES string of the molecule is Cc1nn(-c2cc(F)c(C(N)=O)c(N[C@H]3CCOC3)c2)c2c1C(=O)CC(C)(C)C2. The van der Waals surface area contributed by atoms with Crippen LogP contribution in [0.4, 0.5) is 10.1 Å². The molecule has 1 aromatic carbocycles. The van der Waals surface area contributed by atoms with Crippen molar-refractivity contribution in [2.24, 2.45) is 11.1 Å². The second kappa shape index (κ2) is 6.95. The van der Waals surface area contributed by atoms with Crippen LogP contribution in [0.1, 0.15) is 58.8 Å². The minimum absolute atomic E-state index is 0.0310. The van der Waals surface area contributed by atoms with Gasteiger partial charge in [-0.15, -0.1) is 0 Å². The summed E-state index contributed by atoms with van der Waals surface area (Å²) in [6.07, 6.45) is 1.85. The number of nitrogens with two attached hydrogens (primary N) is 1. The van der Waals surface area contributed by atoms with E-state index < -0.39 is 11.7 Å². The van der Waals surface area contributed by atoms with Crippen LogP contribution >= 0.6 is 0 Å². The molecule has 1 fully saturated rings. The standard InChI is InChI=1S/C21H25FN4O3/c1-11-18-16(8-21(2,3)9-17(18)27)26(25-11)13-6-14(22)19(20(23)28)15(7-13)24-12-4-5-29-10-12/h6-7,12,24H,4-5,8-10H2,1-3H3,(H2,23,28)/t12-/m0/s1. The number of nitrogens with zero attached hydrogens (tertiary/aromatic N) is 2. The Bertz CT molecular complexity index is 1010. The number of hydrogen-bond acceptors (Lipinski definition) is 5. The summed E-state index contributed by atoms with van der Waals surface area (Å²) in [5.41, 5.74) is 7.80. The Kier molecular flexibility index (Phi) is 4.69. The van der Waals surface area contributed by atoms with Crippen LogP contribution in [0.2, 0.25) is 0 Å². The smallest absolute Gasteiger partial charge is 0.253 e. The fraction of sp³-hybridized carbons (Fsp3) is 0.476. The maximum Gasteiger partial charge on any atom is 0.253 e. The van der Waals surface area contributed by atoms with E-state index in [1.54, 1.807) is 17.7 Å². The Labute approximate surface area is 168 Å². The first kappa shape index (κ1) is 19.6. The average molecular weight is 400 g/mol. The van der Waals surface area contributed by atoms with Crippen molar-refractivity contribution in [2.75, 3.05) is 18.5 Å². The van der Waals surface area contributed by atoms with E-state index >= 15 is 0 Å². The topological polar surface area (TPSA) is 99.2 Å². The zero-order chi connectivity index (χ0) is 20.9. The van der Waals surface area contributed by atoms with E-state index in [1.807, 2.05) is 13.8 Å². The highest BCUT2D eigenvalue weighted by Crippen LogP contribution is 2.37. The molecule has 0 radical (unpaired) electrons. The van der Waals surface area contributed by atoms with Gasteiger partial charge in [-0.05, 0) is 31.2 Å². The summed E-state index contributed by atoms with van der Waals surface area (Å²) in [6, 6.07) is 2.88. The van der Waals surface area contributed by atoms with Gasteiger partial charge < -0.3 is 15.8 Å². The number of primary amides is 1. The molecule has 2 heterocycles. The molecule has 8 heteroatoms. The summed E-state index contributed by atoms with van der Waals surface area (Å²) in [6.45, 7) is 6.93. The first-order chi connectivity index (χ1) is 13.7. The van der Waals surface area contributed by atoms with E-state index in [-0.39, 0.29) is 22.8 Å². The van der Waals surface area contributed by atoms with Crippen molar-refractivity contribution in [3.63, 3.8) is 0 Å². The molecule has 29 heavy (non-hydrogen) atoms. The maximum atomic E-state index is 14.9. The molecule has 7 nitrogen and oxygen atoms in total. The van der Waals surface area contributed by atoms with Gasteiger partial charge in [-0.3, -0.25) is 9.59 Å². The second-order valence-corrected chi connectivity index (χ2v) is 8.68. The van der Waals surface area contributed by atoms with Crippen LogP contribution in [-0.4, -0.2) is 40.7 Å². The van der Waals surface area contributed by atoms with E-state index in [1.165, 1.54) is 6.07 Å². The van der Waals surface area contributed by atoms with Crippen molar-refractivity contribution in [3.05, 3.63) is 40.5 Å². The number of carbonyl (C=O) groups is 2. The van der Waals surface area contributed by atoms with E-state index in [2.05, 4.69) is 10.4 Å². The number of hydrogen-bond donors (Lipinski definition) is 2. The predicted molar refractivity (Wildman–Crippen MR) is 106 cm³/mol. The van der Waals surface area contributed by atoms with Gasteiger partial charge in [0.2, 0.25) is 0 Å². The molecule has 0 spiro atoms. The molecule has 3 N–H and O–H groups in total. The third kappa shape index (κ3) is 3.53. The number of benzene rings is 1. The van der Waals surface area contributed by atoms with Gasteiger partial charge in [-0.2, -0.15) is 5.10 Å². The van der Waals surface area contributed by atoms with Crippen LogP contribution < -0.4 is 11.1 Å². The number of ketones is 1. The van der Waals surface area contributed by atoms with Crippen molar-refractivity contribution >= 4 is 17.4 Å². The van der Waals surface area contributed by atoms with Crippen molar-refractivity contribution < 1.29 is 18.7 Å². The van der Waals surface area contributed by atoms with Crippen molar-refractivity contribution in [1.29, 1.82) is 0 Å². The summed E-state index contributed by atoms with van der Waals surface area (Å²) < 4.78 is 21.9. The lowest BCUT2D eigenvalue weighted by Crippen LogP contribution is -2.28. The van der Waals surface area contributed by atoms with Gasteiger partial charge in [0.1, 0.15) is 5.82 Å². The molecule has 1 aromatic heterocycles. The third-order valence-corrected chi connectivity index (χ3v) is 5.58. The number of aromatic nitrogens is 2. The molecule has 1 saturated heterocycles. The molecule has 1 amide bonds. The Hall–Kier alpha value is -2.74. The van der Waals surface area contributed by atoms with E-state index in [0.29, 0.717) is 48.7 Å². The van der Waals surface area contributed by atoms with Gasteiger partial charge in [-0.1, -0.05) is 13.8 Å². The molecular weight excluding hydrogens is 375 g/mol. The lowest BCUT2D eigenvalue weighted by Gasteiger charge is -2.29. The lowest BCUT2D eigenvalue weighted by molar-refractivity contribution is 0.0909. The molecule has 4 rings (SSSR count). The minimum atomic E-state index is -0.842. The largest absolute Gasteiger partial charge is 0.379 e. The predicted octanol–water partition coefficient (Wildman–Crippen LogP) is 2.77. The number of Topliss-reactive ketones (excluding diaryl/α,β-unsaturated/α-hetero) is 1. The number of anilines is 1. The molecule has 2 aromatic rings. The lowest BCUT2D eigenvalue weighted by atomic mass is 9.75. The second-order valence-electron chi connectivity index (χ2n) is 8.68. The maximum absolute atomic E-state index is 14.9. The Morgan fingerprint density at radius 2 is 2.14 bits per heavy atom. The molecule has 0 saturated carbocycles. The van der Waals surface area contributed by atoms with Gasteiger partial charge in [0, 0.05) is 19.1 Å². The van der Waals surface area contributed by atoms with Crippen LogP contribution in [0.25, 0.3) is 5.69 Å². The summed E-state index contributed by atoms with van der Waals surface area (Å²) in [5.74, 6) is -1.51. The number of amides is 1. The summed E-state index contributed by atoms with van der Waals surface area (Å²) in [4.78, 5) is 24.5. The molecule has 154 valence electrons. The molecule has 0 bridgehead atoms. The molecule has 2 aliphatic rings. The highest BCUT2D eigenvalue weighted by molar-refractivity contribution is 6.00. The number of halogens is 1. The number of fused-ring (bicyclic) bond motifs is 1. The summed E-state index contributed by atoms with van der Waals surface area (Å²) in [5, 5.41) is 7.71. The number of nitrogens with one attached hydrogen (secondary N) is 1. The van der Waals surface area contributed by atoms with Gasteiger partial charge in [0.05, 0.1) is 46.5 Å². The molecule has 1 aliphatic carbocycles. The van der Waals surface area contributed by atoms with E-state index in [9.17, 15) is 14.0 Å². The fourth-order valence-electron chi connectivity index (χ4n) is 4.30. The highest BCUT2D eigenvalue weighted by atomic mass is 19.1. The monoisotopic (exact) mass is 400 g/mol. The molecule has 0 unspecified atom stereocenters. The number of rotatable bonds is 4. The molecule has 1 atom stereocenters. The van der Waals surface area contributed by atoms with Crippen LogP contribution in [0.15, 0.2) is 12.1 Å². The van der Waals surface area contributed by atoms with Gasteiger partial charge >= 0.3 is 0 Å². The zero-order valence-corrected chi connectivity index (χ0v) is 16.8. The zero-order valence-electron chi connectivity index (χ0n) is 16.8. The van der Waals surface area contributed by atoms with Crippen molar-refractivity contribution in [2.45, 2.75) is 46.1 Å². The molecule has 1 aliphatic heterocycles. The van der Waals surface area contributed by atoms with Crippen molar-refractivity contribution in [1.82, 2.24) is 9.78 Å². The number of aryl methyl sites for hydroxylation is 1. The Balaban J connectivity index is 1.84. The normalized spacial score (nSPS) is 20.6. The van der Waals surface area contributed by atoms with E-state index in [4.69, 9.17) is 10.5 Å². The van der Waals surface area contributed by atoms with Crippen LogP contribution in [0.5, 0.6) is 0 Å². The van der Waals surface area contributed by atoms with Gasteiger partial charge in [0.15, 0.2) is 5.78 Å². The summed E-state index contributed by atoms with van der Waals surface area (Å²) in [7, 11) is 0. The highest BCUT2D eigenvalue weighted by Gasteiger charge is 2.36. The first-order valence-corrected chi connectivity index (χ1v) is 9.76. The quantitative estimate of drug-likeness (QED) is 0.822. The summed E-state index contributed by atoms with van der Waals surface area (Å²) >= 11 is 0. The van der Waals surface area contributed by atoms with Gasteiger partial charge in [0.25, 0.3) is 5.91 Å². The Morgan fingerprint density at radius 3 is 2.79 bits per heavy atom. The third-order valence-electron chi connectivity index (χ3n) is 5.58. The Morgan fingerprint density at radius 1 is 1.38 bits per heavy atom. The number of carbonyl (C=O) groups excluding carboxylic acids is 2. The fourth-order valence-corrected chi connectivity index (χ4v) is 4.30. The molecular formula is C21H25FN4O3. The minimum Gasteiger partial charge on any atom is -0.379 e. The van der Waals surface area contributed by atoms with Crippen LogP contribution in [0, 0.1) is 18.2 Å². The van der Waals surface area contributed by atoms with Crippen LogP contribution in [0.3, 0.4) is 0 Å². The average Bonchev–Trinajstić information content (AvgIpc) is 3.20. The van der Waals surface area contributed by atoms with Crippen molar-refractivity contribution in [3.8, 4) is 5.69 Å². The van der Waals surface area contributed by atoms with E-state index in [0.717, 1.165) is 12.1 Å². The first-order valence-electron chi connectivity index (χ1n) is 9.76. The number of ether oxygens (including phenoxy) is 1. The van der Waals surface area contributed by atoms with Crippen LogP contribution in [-0.2, 0) is 11.2 Å².